The maximum absolute atomic E-state index is 12.9. The molecule has 0 unspecified atom stereocenters. The third-order valence-corrected chi connectivity index (χ3v) is 5.26. The van der Waals surface area contributed by atoms with Crippen LogP contribution in [0.4, 0.5) is 0 Å². The van der Waals surface area contributed by atoms with E-state index in [1.807, 2.05) is 0 Å². The molecule has 23 heavy (non-hydrogen) atoms. The van der Waals surface area contributed by atoms with Crippen molar-refractivity contribution in [2.45, 2.75) is 22.9 Å². The molecule has 2 aromatic carbocycles. The van der Waals surface area contributed by atoms with Gasteiger partial charge in [-0.05, 0) is 23.3 Å². The highest BCUT2D eigenvalue weighted by molar-refractivity contribution is 7.91. The van der Waals surface area contributed by atoms with Gasteiger partial charge < -0.3 is 31.9 Å². The van der Waals surface area contributed by atoms with Crippen molar-refractivity contribution >= 4 is 9.84 Å². The van der Waals surface area contributed by atoms with Crippen LogP contribution in [-0.2, 0) is 22.9 Å². The van der Waals surface area contributed by atoms with Gasteiger partial charge in [-0.3, -0.25) is 0 Å². The maximum atomic E-state index is 12.9. The van der Waals surface area contributed by atoms with E-state index in [1.165, 1.54) is 0 Å². The number of nitrogens with two attached hydrogens (primary N) is 2. The van der Waals surface area contributed by atoms with Crippen LogP contribution in [0.5, 0.6) is 23.0 Å². The molecule has 2 aromatic rings. The average Bonchev–Trinajstić information content (AvgIpc) is 2.44. The Morgan fingerprint density at radius 1 is 0.739 bits per heavy atom. The lowest BCUT2D eigenvalue weighted by atomic mass is 10.2. The SMILES string of the molecule is NCc1cc(O)cc(O)c1S(=O)(=O)c1c(O)cc(O)cc1CN. The molecule has 0 bridgehead atoms. The van der Waals surface area contributed by atoms with E-state index in [4.69, 9.17) is 11.5 Å². The van der Waals surface area contributed by atoms with Crippen molar-refractivity contribution < 1.29 is 28.8 Å². The fourth-order valence-corrected chi connectivity index (χ4v) is 4.19. The standard InChI is InChI=1S/C14H16N2O6S/c15-5-7-1-9(17)3-11(19)13(7)23(21,22)14-8(6-16)2-10(18)4-12(14)20/h1-4,17-20H,5-6,15-16H2. The number of phenolic OH excluding ortho intramolecular Hbond substituents is 4. The molecule has 0 aliphatic carbocycles. The highest BCUT2D eigenvalue weighted by Gasteiger charge is 2.30. The van der Waals surface area contributed by atoms with Crippen LogP contribution < -0.4 is 11.5 Å². The lowest BCUT2D eigenvalue weighted by molar-refractivity contribution is 0.433. The van der Waals surface area contributed by atoms with Crippen LogP contribution >= 0.6 is 0 Å². The van der Waals surface area contributed by atoms with Crippen molar-refractivity contribution in [3.8, 4) is 23.0 Å². The minimum Gasteiger partial charge on any atom is -0.508 e. The summed E-state index contributed by atoms with van der Waals surface area (Å²) in [6.07, 6.45) is 0. The van der Waals surface area contributed by atoms with Crippen LogP contribution in [-0.4, -0.2) is 28.8 Å². The first-order chi connectivity index (χ1) is 10.7. The van der Waals surface area contributed by atoms with E-state index in [0.717, 1.165) is 24.3 Å². The van der Waals surface area contributed by atoms with Crippen LogP contribution in [0.1, 0.15) is 11.1 Å². The molecule has 8 N–H and O–H groups in total. The first-order valence-electron chi connectivity index (χ1n) is 6.47. The normalized spacial score (nSPS) is 11.6. The van der Waals surface area contributed by atoms with Crippen molar-refractivity contribution in [1.29, 1.82) is 0 Å². The monoisotopic (exact) mass is 340 g/mol. The largest absolute Gasteiger partial charge is 0.508 e. The van der Waals surface area contributed by atoms with E-state index in [9.17, 15) is 28.8 Å². The van der Waals surface area contributed by atoms with Gasteiger partial charge in [0, 0.05) is 25.2 Å². The average molecular weight is 340 g/mol. The molecule has 0 fully saturated rings. The van der Waals surface area contributed by atoms with Crippen molar-refractivity contribution in [2.75, 3.05) is 0 Å². The van der Waals surface area contributed by atoms with Crippen LogP contribution in [0.15, 0.2) is 34.1 Å². The van der Waals surface area contributed by atoms with Crippen molar-refractivity contribution in [1.82, 2.24) is 0 Å². The lowest BCUT2D eigenvalue weighted by Gasteiger charge is -2.15. The molecule has 0 amide bonds. The summed E-state index contributed by atoms with van der Waals surface area (Å²) in [5.41, 5.74) is 10.9. The number of phenols is 4. The molecule has 9 heteroatoms. The number of hydrogen-bond acceptors (Lipinski definition) is 8. The number of rotatable bonds is 4. The molecule has 0 aromatic heterocycles. The van der Waals surface area contributed by atoms with Crippen molar-refractivity contribution in [3.05, 3.63) is 35.4 Å². The number of benzene rings is 2. The fraction of sp³-hybridized carbons (Fsp3) is 0.143. The van der Waals surface area contributed by atoms with E-state index in [0.29, 0.717) is 0 Å². The Morgan fingerprint density at radius 2 is 1.09 bits per heavy atom. The second kappa shape index (κ2) is 5.95. The predicted octanol–water partition coefficient (Wildman–Crippen LogP) is 0.259. The van der Waals surface area contributed by atoms with E-state index in [-0.39, 0.29) is 35.7 Å². The molecular weight excluding hydrogens is 324 g/mol. The van der Waals surface area contributed by atoms with Crippen LogP contribution in [0, 0.1) is 0 Å². The molecule has 0 heterocycles. The first kappa shape index (κ1) is 16.9. The topological polar surface area (TPSA) is 167 Å². The molecular formula is C14H16N2O6S. The Labute approximate surface area is 132 Å². The molecule has 0 saturated carbocycles. The van der Waals surface area contributed by atoms with Gasteiger partial charge >= 0.3 is 0 Å². The summed E-state index contributed by atoms with van der Waals surface area (Å²) >= 11 is 0. The molecule has 0 aliphatic rings. The minimum atomic E-state index is -4.40. The molecule has 0 spiro atoms. The summed E-state index contributed by atoms with van der Waals surface area (Å²) in [6, 6.07) is 3.91. The molecule has 0 radical (unpaired) electrons. The van der Waals surface area contributed by atoms with E-state index < -0.39 is 31.1 Å². The summed E-state index contributed by atoms with van der Waals surface area (Å²) < 4.78 is 25.7. The van der Waals surface area contributed by atoms with Crippen molar-refractivity contribution in [3.63, 3.8) is 0 Å². The zero-order chi connectivity index (χ0) is 17.4. The highest BCUT2D eigenvalue weighted by atomic mass is 32.2. The van der Waals surface area contributed by atoms with Gasteiger partial charge in [-0.1, -0.05) is 0 Å². The molecule has 0 aliphatic heterocycles. The summed E-state index contributed by atoms with van der Waals surface area (Å²) in [7, 11) is -4.40. The van der Waals surface area contributed by atoms with E-state index in [2.05, 4.69) is 0 Å². The van der Waals surface area contributed by atoms with E-state index in [1.54, 1.807) is 0 Å². The maximum Gasteiger partial charge on any atom is 0.214 e. The fourth-order valence-electron chi connectivity index (χ4n) is 2.34. The van der Waals surface area contributed by atoms with Crippen molar-refractivity contribution in [2.24, 2.45) is 11.5 Å². The van der Waals surface area contributed by atoms with Crippen LogP contribution in [0.3, 0.4) is 0 Å². The van der Waals surface area contributed by atoms with E-state index >= 15 is 0 Å². The zero-order valence-corrected chi connectivity index (χ0v) is 12.7. The number of sulfone groups is 1. The molecule has 8 nitrogen and oxygen atoms in total. The summed E-state index contributed by atoms with van der Waals surface area (Å²) in [4.78, 5) is -1.07. The summed E-state index contributed by atoms with van der Waals surface area (Å²) in [5, 5.41) is 38.8. The Morgan fingerprint density at radius 3 is 1.39 bits per heavy atom. The number of hydrogen-bond donors (Lipinski definition) is 6. The minimum absolute atomic E-state index is 0.0297. The Bertz CT molecular complexity index is 799. The highest BCUT2D eigenvalue weighted by Crippen LogP contribution is 2.40. The number of aromatic hydroxyl groups is 4. The Balaban J connectivity index is 2.85. The predicted molar refractivity (Wildman–Crippen MR) is 80.8 cm³/mol. The first-order valence-corrected chi connectivity index (χ1v) is 7.95. The molecule has 2 rings (SSSR count). The Hall–Kier alpha value is -2.49. The summed E-state index contributed by atoms with van der Waals surface area (Å²) in [5.74, 6) is -2.12. The third-order valence-electron chi connectivity index (χ3n) is 3.24. The van der Waals surface area contributed by atoms with Crippen LogP contribution in [0.2, 0.25) is 0 Å². The second-order valence-corrected chi connectivity index (χ2v) is 6.64. The van der Waals surface area contributed by atoms with Gasteiger partial charge in [-0.15, -0.1) is 0 Å². The zero-order valence-electron chi connectivity index (χ0n) is 11.9. The van der Waals surface area contributed by atoms with Gasteiger partial charge in [-0.2, -0.15) is 0 Å². The second-order valence-electron chi connectivity index (χ2n) is 4.82. The van der Waals surface area contributed by atoms with Crippen LogP contribution in [0.25, 0.3) is 0 Å². The van der Waals surface area contributed by atoms with Gasteiger partial charge in [0.05, 0.1) is 0 Å². The third kappa shape index (κ3) is 2.89. The van der Waals surface area contributed by atoms with Gasteiger partial charge in [0.25, 0.3) is 0 Å². The van der Waals surface area contributed by atoms with Gasteiger partial charge in [-0.25, -0.2) is 8.42 Å². The summed E-state index contributed by atoms with van der Waals surface area (Å²) in [6.45, 7) is -0.541. The molecule has 0 atom stereocenters. The van der Waals surface area contributed by atoms with Gasteiger partial charge in [0.2, 0.25) is 9.84 Å². The quantitative estimate of drug-likeness (QED) is 0.461. The molecule has 0 saturated heterocycles. The smallest absolute Gasteiger partial charge is 0.214 e. The molecule has 124 valence electrons. The lowest BCUT2D eigenvalue weighted by Crippen LogP contribution is -2.13. The van der Waals surface area contributed by atoms with Gasteiger partial charge in [0.1, 0.15) is 32.8 Å². The Kier molecular flexibility index (Phi) is 4.37. The van der Waals surface area contributed by atoms with Gasteiger partial charge in [0.15, 0.2) is 0 Å².